The first kappa shape index (κ1) is 14.3. The number of carbonyl (C=O) groups excluding carboxylic acids is 1. The number of carbonyl (C=O) groups is 1. The molecule has 6 heteroatoms. The number of piperidine rings is 1. The van der Waals surface area contributed by atoms with Crippen molar-refractivity contribution in [3.05, 3.63) is 35.1 Å². The van der Waals surface area contributed by atoms with Gasteiger partial charge in [-0.1, -0.05) is 17.3 Å². The van der Waals surface area contributed by atoms with Crippen molar-refractivity contribution in [3.63, 3.8) is 0 Å². The number of amides is 1. The van der Waals surface area contributed by atoms with E-state index in [-0.39, 0.29) is 23.2 Å². The van der Waals surface area contributed by atoms with Crippen molar-refractivity contribution in [2.75, 3.05) is 13.1 Å². The van der Waals surface area contributed by atoms with E-state index in [0.29, 0.717) is 31.5 Å². The number of nitrogens with zero attached hydrogens (tertiary/aromatic N) is 2. The topological polar surface area (TPSA) is 78.9 Å². The summed E-state index contributed by atoms with van der Waals surface area (Å²) in [6, 6.07) is 4.81. The maximum atomic E-state index is 13.9. The Labute approximate surface area is 116 Å². The quantitative estimate of drug-likeness (QED) is 0.374. The second-order valence-corrected chi connectivity index (χ2v) is 5.03. The average Bonchev–Trinajstić information content (AvgIpc) is 2.48. The summed E-state index contributed by atoms with van der Waals surface area (Å²) in [5.74, 6) is -0.592. The molecule has 3 N–H and O–H groups in total. The van der Waals surface area contributed by atoms with Gasteiger partial charge in [-0.25, -0.2) is 4.39 Å². The highest BCUT2D eigenvalue weighted by Gasteiger charge is 2.27. The summed E-state index contributed by atoms with van der Waals surface area (Å²) in [5.41, 5.74) is 6.13. The van der Waals surface area contributed by atoms with Crippen molar-refractivity contribution in [1.29, 1.82) is 0 Å². The standard InChI is InChI=1S/C14H18FN3O2/c1-9-3-2-4-11(12(9)15)14(19)18-7-5-10(6-8-18)13(16)17-20/h2-4,10,20H,5-8H2,1H3,(H2,16,17). The van der Waals surface area contributed by atoms with Crippen molar-refractivity contribution in [2.24, 2.45) is 16.8 Å². The SMILES string of the molecule is Cc1cccc(C(=O)N2CCC(/C(N)=N/O)CC2)c1F. The van der Waals surface area contributed by atoms with Gasteiger partial charge >= 0.3 is 0 Å². The molecule has 0 aliphatic carbocycles. The first-order valence-corrected chi connectivity index (χ1v) is 6.56. The number of benzene rings is 1. The van der Waals surface area contributed by atoms with E-state index in [4.69, 9.17) is 10.9 Å². The fraction of sp³-hybridized carbons (Fsp3) is 0.429. The molecule has 0 saturated carbocycles. The molecule has 1 aliphatic rings. The molecule has 0 atom stereocenters. The Morgan fingerprint density at radius 1 is 1.45 bits per heavy atom. The highest BCUT2D eigenvalue weighted by atomic mass is 19.1. The molecule has 108 valence electrons. The van der Waals surface area contributed by atoms with Gasteiger partial charge in [0, 0.05) is 19.0 Å². The number of oxime groups is 1. The lowest BCUT2D eigenvalue weighted by atomic mass is 9.95. The summed E-state index contributed by atoms with van der Waals surface area (Å²) in [4.78, 5) is 13.9. The molecule has 1 aromatic rings. The van der Waals surface area contributed by atoms with E-state index >= 15 is 0 Å². The van der Waals surface area contributed by atoms with Gasteiger partial charge in [-0.2, -0.15) is 0 Å². The van der Waals surface area contributed by atoms with Crippen LogP contribution in [-0.2, 0) is 0 Å². The minimum Gasteiger partial charge on any atom is -0.409 e. The molecule has 5 nitrogen and oxygen atoms in total. The average molecular weight is 279 g/mol. The number of halogens is 1. The molecule has 0 aromatic heterocycles. The van der Waals surface area contributed by atoms with Crippen LogP contribution in [0.25, 0.3) is 0 Å². The summed E-state index contributed by atoms with van der Waals surface area (Å²) >= 11 is 0. The molecule has 1 heterocycles. The molecule has 0 bridgehead atoms. The minimum atomic E-state index is -0.462. The first-order chi connectivity index (χ1) is 9.54. The van der Waals surface area contributed by atoms with Gasteiger partial charge in [0.1, 0.15) is 11.7 Å². The molecule has 1 aromatic carbocycles. The zero-order chi connectivity index (χ0) is 14.7. The number of rotatable bonds is 2. The van der Waals surface area contributed by atoms with Crippen molar-refractivity contribution in [1.82, 2.24) is 4.90 Å². The van der Waals surface area contributed by atoms with Crippen LogP contribution in [-0.4, -0.2) is 34.9 Å². The van der Waals surface area contributed by atoms with Crippen LogP contribution in [0.4, 0.5) is 4.39 Å². The number of likely N-dealkylation sites (tertiary alicyclic amines) is 1. The van der Waals surface area contributed by atoms with Crippen LogP contribution in [0.1, 0.15) is 28.8 Å². The van der Waals surface area contributed by atoms with Crippen molar-refractivity contribution < 1.29 is 14.4 Å². The van der Waals surface area contributed by atoms with Gasteiger partial charge in [-0.15, -0.1) is 0 Å². The van der Waals surface area contributed by atoms with Crippen molar-refractivity contribution in [2.45, 2.75) is 19.8 Å². The summed E-state index contributed by atoms with van der Waals surface area (Å²) < 4.78 is 13.9. The lowest BCUT2D eigenvalue weighted by Crippen LogP contribution is -2.42. The molecule has 1 fully saturated rings. The zero-order valence-electron chi connectivity index (χ0n) is 11.3. The number of amidine groups is 1. The summed E-state index contributed by atoms with van der Waals surface area (Å²) in [7, 11) is 0. The third-order valence-corrected chi connectivity index (χ3v) is 3.74. The summed E-state index contributed by atoms with van der Waals surface area (Å²) in [6.45, 7) is 2.59. The second-order valence-electron chi connectivity index (χ2n) is 5.03. The molecule has 0 spiro atoms. The Balaban J connectivity index is 2.07. The van der Waals surface area contributed by atoms with Crippen LogP contribution < -0.4 is 5.73 Å². The van der Waals surface area contributed by atoms with Crippen LogP contribution in [0.3, 0.4) is 0 Å². The number of hydrogen-bond acceptors (Lipinski definition) is 3. The molecular weight excluding hydrogens is 261 g/mol. The van der Waals surface area contributed by atoms with E-state index in [0.717, 1.165) is 0 Å². The largest absolute Gasteiger partial charge is 0.409 e. The molecule has 20 heavy (non-hydrogen) atoms. The zero-order valence-corrected chi connectivity index (χ0v) is 11.3. The van der Waals surface area contributed by atoms with Crippen LogP contribution in [0.15, 0.2) is 23.4 Å². The third-order valence-electron chi connectivity index (χ3n) is 3.74. The lowest BCUT2D eigenvalue weighted by molar-refractivity contribution is 0.0704. The normalized spacial score (nSPS) is 17.3. The second kappa shape index (κ2) is 5.90. The predicted octanol–water partition coefficient (Wildman–Crippen LogP) is 1.73. The van der Waals surface area contributed by atoms with Gasteiger partial charge in [0.05, 0.1) is 5.56 Å². The monoisotopic (exact) mass is 279 g/mol. The van der Waals surface area contributed by atoms with E-state index in [9.17, 15) is 9.18 Å². The van der Waals surface area contributed by atoms with Crippen LogP contribution in [0.2, 0.25) is 0 Å². The predicted molar refractivity (Wildman–Crippen MR) is 73.2 cm³/mol. The van der Waals surface area contributed by atoms with Crippen LogP contribution in [0.5, 0.6) is 0 Å². The number of aryl methyl sites for hydroxylation is 1. The maximum absolute atomic E-state index is 13.9. The van der Waals surface area contributed by atoms with Crippen molar-refractivity contribution in [3.8, 4) is 0 Å². The Morgan fingerprint density at radius 2 is 2.10 bits per heavy atom. The Kier molecular flexibility index (Phi) is 4.22. The van der Waals surface area contributed by atoms with Gasteiger partial charge in [0.25, 0.3) is 5.91 Å². The van der Waals surface area contributed by atoms with Crippen LogP contribution >= 0.6 is 0 Å². The molecule has 0 unspecified atom stereocenters. The van der Waals surface area contributed by atoms with E-state index in [1.165, 1.54) is 6.07 Å². The smallest absolute Gasteiger partial charge is 0.256 e. The minimum absolute atomic E-state index is 0.0218. The fourth-order valence-electron chi connectivity index (χ4n) is 2.44. The van der Waals surface area contributed by atoms with Gasteiger partial charge < -0.3 is 15.8 Å². The Bertz CT molecular complexity index is 537. The number of nitrogens with two attached hydrogens (primary N) is 1. The first-order valence-electron chi connectivity index (χ1n) is 6.56. The number of hydrogen-bond donors (Lipinski definition) is 2. The summed E-state index contributed by atoms with van der Waals surface area (Å²) in [6.07, 6.45) is 1.24. The van der Waals surface area contributed by atoms with Gasteiger partial charge in [0.2, 0.25) is 0 Å². The Morgan fingerprint density at radius 3 is 2.70 bits per heavy atom. The van der Waals surface area contributed by atoms with E-state index in [2.05, 4.69) is 5.16 Å². The molecule has 0 radical (unpaired) electrons. The molecule has 1 aliphatic heterocycles. The van der Waals surface area contributed by atoms with Crippen LogP contribution in [0, 0.1) is 18.7 Å². The highest BCUT2D eigenvalue weighted by molar-refractivity contribution is 5.95. The lowest BCUT2D eigenvalue weighted by Gasteiger charge is -2.31. The van der Waals surface area contributed by atoms with E-state index in [1.54, 1.807) is 24.0 Å². The Hall–Kier alpha value is -2.11. The molecule has 2 rings (SSSR count). The van der Waals surface area contributed by atoms with Gasteiger partial charge in [0.15, 0.2) is 0 Å². The highest BCUT2D eigenvalue weighted by Crippen LogP contribution is 2.21. The van der Waals surface area contributed by atoms with E-state index in [1.807, 2.05) is 0 Å². The van der Waals surface area contributed by atoms with Gasteiger partial charge in [-0.05, 0) is 31.4 Å². The fourth-order valence-corrected chi connectivity index (χ4v) is 2.44. The molecule has 1 amide bonds. The maximum Gasteiger partial charge on any atom is 0.256 e. The third kappa shape index (κ3) is 2.74. The molecule has 1 saturated heterocycles. The molecular formula is C14H18FN3O2. The van der Waals surface area contributed by atoms with Crippen molar-refractivity contribution >= 4 is 11.7 Å². The van der Waals surface area contributed by atoms with Gasteiger partial charge in [-0.3, -0.25) is 4.79 Å². The summed E-state index contributed by atoms with van der Waals surface area (Å²) in [5, 5.41) is 11.6. The van der Waals surface area contributed by atoms with E-state index < -0.39 is 5.82 Å².